The van der Waals surface area contributed by atoms with Gasteiger partial charge in [0.25, 0.3) is 0 Å². The Morgan fingerprint density at radius 2 is 1.76 bits per heavy atom. The molecule has 0 aromatic heterocycles. The number of rotatable bonds is 5. The molecule has 1 aliphatic heterocycles. The normalized spacial score (nSPS) is 15.2. The Kier molecular flexibility index (Phi) is 6.10. The van der Waals surface area contributed by atoms with Gasteiger partial charge in [0.2, 0.25) is 5.91 Å². The fourth-order valence-corrected chi connectivity index (χ4v) is 3.34. The second-order valence-electron chi connectivity index (χ2n) is 6.31. The molecule has 0 unspecified atom stereocenters. The number of hydrogen-bond acceptors (Lipinski definition) is 3. The van der Waals surface area contributed by atoms with Crippen molar-refractivity contribution in [3.8, 4) is 5.75 Å². The lowest BCUT2D eigenvalue weighted by Crippen LogP contribution is -2.48. The molecule has 0 spiro atoms. The molecule has 0 atom stereocenters. The van der Waals surface area contributed by atoms with Crippen molar-refractivity contribution < 1.29 is 9.53 Å². The first-order valence-corrected chi connectivity index (χ1v) is 9.31. The molecule has 1 aliphatic rings. The van der Waals surface area contributed by atoms with Crippen molar-refractivity contribution in [2.75, 3.05) is 33.3 Å². The van der Waals surface area contributed by atoms with Gasteiger partial charge in [-0.15, -0.1) is 0 Å². The molecule has 2 aromatic carbocycles. The maximum Gasteiger partial charge on any atom is 0.227 e. The molecule has 0 N–H and O–H groups in total. The summed E-state index contributed by atoms with van der Waals surface area (Å²) in [5.74, 6) is 0.987. The van der Waals surface area contributed by atoms with E-state index in [9.17, 15) is 4.79 Å². The van der Waals surface area contributed by atoms with Crippen LogP contribution >= 0.6 is 15.9 Å². The highest BCUT2D eigenvalue weighted by Crippen LogP contribution is 2.16. The van der Waals surface area contributed by atoms with E-state index in [4.69, 9.17) is 4.74 Å². The molecule has 0 aliphatic carbocycles. The Hall–Kier alpha value is -1.85. The molecule has 0 saturated carbocycles. The topological polar surface area (TPSA) is 32.8 Å². The molecule has 1 saturated heterocycles. The minimum Gasteiger partial charge on any atom is -0.497 e. The van der Waals surface area contributed by atoms with Gasteiger partial charge in [-0.05, 0) is 35.4 Å². The number of methoxy groups -OCH3 is 1. The van der Waals surface area contributed by atoms with E-state index in [0.29, 0.717) is 6.42 Å². The van der Waals surface area contributed by atoms with E-state index in [-0.39, 0.29) is 5.91 Å². The lowest BCUT2D eigenvalue weighted by molar-refractivity contribution is -0.132. The summed E-state index contributed by atoms with van der Waals surface area (Å²) in [6, 6.07) is 16.2. The predicted molar refractivity (Wildman–Crippen MR) is 103 cm³/mol. The van der Waals surface area contributed by atoms with Crippen LogP contribution < -0.4 is 4.74 Å². The van der Waals surface area contributed by atoms with Crippen molar-refractivity contribution in [3.05, 3.63) is 64.1 Å². The van der Waals surface area contributed by atoms with Crippen LogP contribution in [0.25, 0.3) is 0 Å². The Labute approximate surface area is 157 Å². The predicted octanol–water partition coefficient (Wildman–Crippen LogP) is 3.34. The Morgan fingerprint density at radius 3 is 2.44 bits per heavy atom. The third kappa shape index (κ3) is 5.06. The minimum atomic E-state index is 0.191. The number of ether oxygens (including phenoxy) is 1. The number of nitrogens with zero attached hydrogens (tertiary/aromatic N) is 2. The lowest BCUT2D eigenvalue weighted by atomic mass is 10.1. The minimum absolute atomic E-state index is 0.191. The van der Waals surface area contributed by atoms with Crippen molar-refractivity contribution in [1.82, 2.24) is 9.80 Å². The van der Waals surface area contributed by atoms with Gasteiger partial charge >= 0.3 is 0 Å². The molecule has 0 radical (unpaired) electrons. The van der Waals surface area contributed by atoms with Crippen LogP contribution in [0.2, 0.25) is 0 Å². The standard InChI is InChI=1S/C20H23BrN2O2/c1-25-19-4-2-3-17(13-19)14-20(24)23-11-9-22(10-12-23)15-16-5-7-18(21)8-6-16/h2-8,13H,9-12,14-15H2,1H3. The molecule has 25 heavy (non-hydrogen) atoms. The fourth-order valence-electron chi connectivity index (χ4n) is 3.07. The van der Waals surface area contributed by atoms with Gasteiger partial charge in [0.15, 0.2) is 0 Å². The summed E-state index contributed by atoms with van der Waals surface area (Å²) in [5, 5.41) is 0. The van der Waals surface area contributed by atoms with Crippen LogP contribution in [0.3, 0.4) is 0 Å². The molecule has 2 aromatic rings. The summed E-state index contributed by atoms with van der Waals surface area (Å²) < 4.78 is 6.33. The molecule has 4 nitrogen and oxygen atoms in total. The molecule has 0 bridgehead atoms. The second kappa shape index (κ2) is 8.50. The quantitative estimate of drug-likeness (QED) is 0.768. The first-order chi connectivity index (χ1) is 12.1. The average molecular weight is 403 g/mol. The first kappa shape index (κ1) is 18.0. The maximum atomic E-state index is 12.5. The highest BCUT2D eigenvalue weighted by Gasteiger charge is 2.21. The van der Waals surface area contributed by atoms with Gasteiger partial charge in [-0.25, -0.2) is 0 Å². The molecular weight excluding hydrogens is 380 g/mol. The van der Waals surface area contributed by atoms with Crippen LogP contribution in [0.15, 0.2) is 53.0 Å². The summed E-state index contributed by atoms with van der Waals surface area (Å²) >= 11 is 3.46. The van der Waals surface area contributed by atoms with Crippen LogP contribution in [-0.2, 0) is 17.8 Å². The van der Waals surface area contributed by atoms with Crippen LogP contribution in [0, 0.1) is 0 Å². The van der Waals surface area contributed by atoms with E-state index >= 15 is 0 Å². The number of benzene rings is 2. The number of halogens is 1. The van der Waals surface area contributed by atoms with Crippen LogP contribution in [0.4, 0.5) is 0 Å². The zero-order valence-electron chi connectivity index (χ0n) is 14.5. The van der Waals surface area contributed by atoms with Crippen LogP contribution in [0.5, 0.6) is 5.75 Å². The van der Waals surface area contributed by atoms with Crippen molar-refractivity contribution >= 4 is 21.8 Å². The maximum absolute atomic E-state index is 12.5. The molecule has 3 rings (SSSR count). The van der Waals surface area contributed by atoms with Gasteiger partial charge in [-0.2, -0.15) is 0 Å². The van der Waals surface area contributed by atoms with Gasteiger partial charge in [-0.1, -0.05) is 40.2 Å². The smallest absolute Gasteiger partial charge is 0.227 e. The Bertz CT molecular complexity index is 710. The number of hydrogen-bond donors (Lipinski definition) is 0. The summed E-state index contributed by atoms with van der Waals surface area (Å²) in [6.45, 7) is 4.35. The third-order valence-corrected chi connectivity index (χ3v) is 5.06. The van der Waals surface area contributed by atoms with E-state index in [1.807, 2.05) is 29.2 Å². The molecular formula is C20H23BrN2O2. The highest BCUT2D eigenvalue weighted by atomic mass is 79.9. The van der Waals surface area contributed by atoms with Crippen LogP contribution in [-0.4, -0.2) is 49.0 Å². The fraction of sp³-hybridized carbons (Fsp3) is 0.350. The summed E-state index contributed by atoms with van der Waals surface area (Å²) in [4.78, 5) is 16.9. The van der Waals surface area contributed by atoms with Gasteiger partial charge in [0, 0.05) is 37.2 Å². The summed E-state index contributed by atoms with van der Waals surface area (Å²) in [6.07, 6.45) is 0.434. The van der Waals surface area contributed by atoms with Gasteiger partial charge in [0.05, 0.1) is 13.5 Å². The summed E-state index contributed by atoms with van der Waals surface area (Å²) in [5.41, 5.74) is 2.31. The first-order valence-electron chi connectivity index (χ1n) is 8.51. The molecule has 1 heterocycles. The van der Waals surface area contributed by atoms with Crippen molar-refractivity contribution in [3.63, 3.8) is 0 Å². The largest absolute Gasteiger partial charge is 0.497 e. The molecule has 1 amide bonds. The van der Waals surface area contributed by atoms with E-state index < -0.39 is 0 Å². The zero-order chi connectivity index (χ0) is 17.6. The van der Waals surface area contributed by atoms with E-state index in [2.05, 4.69) is 45.1 Å². The third-order valence-electron chi connectivity index (χ3n) is 4.53. The molecule has 5 heteroatoms. The molecule has 1 fully saturated rings. The van der Waals surface area contributed by atoms with Crippen molar-refractivity contribution in [2.45, 2.75) is 13.0 Å². The lowest BCUT2D eigenvalue weighted by Gasteiger charge is -2.35. The second-order valence-corrected chi connectivity index (χ2v) is 7.23. The van der Waals surface area contributed by atoms with Crippen LogP contribution in [0.1, 0.15) is 11.1 Å². The highest BCUT2D eigenvalue weighted by molar-refractivity contribution is 9.10. The Morgan fingerprint density at radius 1 is 1.04 bits per heavy atom. The van der Waals surface area contributed by atoms with Crippen molar-refractivity contribution in [2.24, 2.45) is 0 Å². The summed E-state index contributed by atoms with van der Waals surface area (Å²) in [7, 11) is 1.64. The SMILES string of the molecule is COc1cccc(CC(=O)N2CCN(Cc3ccc(Br)cc3)CC2)c1. The zero-order valence-corrected chi connectivity index (χ0v) is 16.0. The van der Waals surface area contributed by atoms with E-state index in [1.165, 1.54) is 5.56 Å². The Balaban J connectivity index is 1.49. The number of carbonyl (C=O) groups excluding carboxylic acids is 1. The van der Waals surface area contributed by atoms with Gasteiger partial charge in [0.1, 0.15) is 5.75 Å². The number of carbonyl (C=O) groups is 1. The van der Waals surface area contributed by atoms with Gasteiger partial charge in [-0.3, -0.25) is 9.69 Å². The van der Waals surface area contributed by atoms with Crippen molar-refractivity contribution in [1.29, 1.82) is 0 Å². The number of amides is 1. The monoisotopic (exact) mass is 402 g/mol. The average Bonchev–Trinajstić information content (AvgIpc) is 2.64. The van der Waals surface area contributed by atoms with E-state index in [1.54, 1.807) is 7.11 Å². The number of piperazine rings is 1. The van der Waals surface area contributed by atoms with E-state index in [0.717, 1.165) is 48.5 Å². The van der Waals surface area contributed by atoms with Gasteiger partial charge < -0.3 is 9.64 Å². The molecule has 132 valence electrons.